The van der Waals surface area contributed by atoms with Gasteiger partial charge in [-0.2, -0.15) is 4.98 Å². The number of nitrogens with zero attached hydrogens (tertiary/aromatic N) is 3. The molecule has 0 spiro atoms. The summed E-state index contributed by atoms with van der Waals surface area (Å²) in [5.41, 5.74) is 9.28. The zero-order valence-electron chi connectivity index (χ0n) is 15.5. The van der Waals surface area contributed by atoms with Crippen molar-refractivity contribution < 1.29 is 0 Å². The van der Waals surface area contributed by atoms with Crippen molar-refractivity contribution in [2.75, 3.05) is 17.6 Å². The van der Waals surface area contributed by atoms with E-state index in [9.17, 15) is 0 Å². The monoisotopic (exact) mass is 367 g/mol. The Bertz CT molecular complexity index is 1240. The van der Waals surface area contributed by atoms with Crippen molar-refractivity contribution >= 4 is 44.5 Å². The first-order chi connectivity index (χ1) is 13.8. The Morgan fingerprint density at radius 2 is 1.36 bits per heavy atom. The summed E-state index contributed by atoms with van der Waals surface area (Å²) in [6.07, 6.45) is 0.973. The van der Waals surface area contributed by atoms with Gasteiger partial charge in [-0.05, 0) is 30.7 Å². The molecule has 0 aliphatic carbocycles. The van der Waals surface area contributed by atoms with Gasteiger partial charge in [0, 0.05) is 40.3 Å². The fraction of sp³-hybridized carbons (Fsp3) is 0.130. The molecule has 2 aromatic heterocycles. The highest BCUT2D eigenvalue weighted by atomic mass is 15.1. The second kappa shape index (κ2) is 6.85. The van der Waals surface area contributed by atoms with Crippen molar-refractivity contribution in [2.45, 2.75) is 13.0 Å². The smallest absolute Gasteiger partial charge is 0.222 e. The minimum atomic E-state index is 0.295. The van der Waals surface area contributed by atoms with Gasteiger partial charge in [0.1, 0.15) is 5.82 Å². The number of hydrogen-bond donors (Lipinski definition) is 2. The van der Waals surface area contributed by atoms with E-state index < -0.39 is 0 Å². The molecule has 3 aromatic carbocycles. The van der Waals surface area contributed by atoms with E-state index in [1.807, 2.05) is 24.3 Å². The van der Waals surface area contributed by atoms with Crippen LogP contribution in [0, 0.1) is 0 Å². The lowest BCUT2D eigenvalue weighted by Gasteiger charge is -2.11. The maximum absolute atomic E-state index is 5.86. The van der Waals surface area contributed by atoms with Gasteiger partial charge in [0.05, 0.1) is 5.52 Å². The Hall–Kier alpha value is -3.60. The maximum atomic E-state index is 5.86. The Morgan fingerprint density at radius 3 is 2.07 bits per heavy atom. The van der Waals surface area contributed by atoms with Crippen LogP contribution in [-0.4, -0.2) is 21.1 Å². The van der Waals surface area contributed by atoms with Crippen LogP contribution in [-0.2, 0) is 6.54 Å². The van der Waals surface area contributed by atoms with Gasteiger partial charge in [0.25, 0.3) is 0 Å². The summed E-state index contributed by atoms with van der Waals surface area (Å²) in [5, 5.41) is 7.05. The number of nitrogens with one attached hydrogen (secondary N) is 1. The number of nitrogens with two attached hydrogens (primary N) is 1. The van der Waals surface area contributed by atoms with Crippen LogP contribution in [0.4, 0.5) is 11.8 Å². The van der Waals surface area contributed by atoms with E-state index in [2.05, 4.69) is 68.4 Å². The van der Waals surface area contributed by atoms with E-state index >= 15 is 0 Å². The summed E-state index contributed by atoms with van der Waals surface area (Å²) >= 11 is 0. The van der Waals surface area contributed by atoms with E-state index in [1.54, 1.807) is 0 Å². The van der Waals surface area contributed by atoms with Gasteiger partial charge in [0.2, 0.25) is 5.95 Å². The van der Waals surface area contributed by atoms with Crippen LogP contribution < -0.4 is 11.1 Å². The zero-order chi connectivity index (χ0) is 18.9. The minimum absolute atomic E-state index is 0.295. The van der Waals surface area contributed by atoms with Gasteiger partial charge < -0.3 is 15.6 Å². The van der Waals surface area contributed by atoms with Crippen LogP contribution in [0.3, 0.4) is 0 Å². The number of nitrogen functional groups attached to an aromatic ring is 1. The summed E-state index contributed by atoms with van der Waals surface area (Å²) < 4.78 is 2.40. The molecule has 3 N–H and O–H groups in total. The molecule has 0 saturated carbocycles. The van der Waals surface area contributed by atoms with E-state index in [-0.39, 0.29) is 0 Å². The molecule has 2 heterocycles. The number of aromatic nitrogens is 3. The van der Waals surface area contributed by atoms with E-state index in [1.165, 1.54) is 21.8 Å². The second-order valence-corrected chi connectivity index (χ2v) is 6.91. The molecular formula is C23H21N5. The molecule has 0 aliphatic rings. The number of para-hydroxylation sites is 3. The van der Waals surface area contributed by atoms with Crippen molar-refractivity contribution in [3.05, 3.63) is 72.8 Å². The normalized spacial score (nSPS) is 11.4. The van der Waals surface area contributed by atoms with Crippen molar-refractivity contribution in [3.8, 4) is 0 Å². The molecule has 5 rings (SSSR count). The first kappa shape index (κ1) is 16.6. The highest BCUT2D eigenvalue weighted by Crippen LogP contribution is 2.29. The fourth-order valence-electron chi connectivity index (χ4n) is 3.92. The van der Waals surface area contributed by atoms with Crippen molar-refractivity contribution in [1.29, 1.82) is 0 Å². The van der Waals surface area contributed by atoms with Crippen LogP contribution in [0.5, 0.6) is 0 Å². The molecular weight excluding hydrogens is 346 g/mol. The second-order valence-electron chi connectivity index (χ2n) is 6.91. The Kier molecular flexibility index (Phi) is 4.05. The molecule has 0 saturated heterocycles. The minimum Gasteiger partial charge on any atom is -0.369 e. The fourth-order valence-corrected chi connectivity index (χ4v) is 3.92. The summed E-state index contributed by atoms with van der Waals surface area (Å²) in [5.74, 6) is 1.09. The van der Waals surface area contributed by atoms with Gasteiger partial charge >= 0.3 is 0 Å². The van der Waals surface area contributed by atoms with Gasteiger partial charge in [-0.25, -0.2) is 4.98 Å². The third-order valence-corrected chi connectivity index (χ3v) is 5.15. The Labute approximate surface area is 162 Å². The number of aryl methyl sites for hydroxylation is 1. The molecule has 0 aliphatic heterocycles. The van der Waals surface area contributed by atoms with Crippen molar-refractivity contribution in [2.24, 2.45) is 0 Å². The van der Waals surface area contributed by atoms with E-state index in [0.717, 1.165) is 36.2 Å². The SMILES string of the molecule is Nc1nc(NCCCn2c3ccccc3c3ccccc32)c2ccccc2n1. The molecule has 5 aromatic rings. The standard InChI is InChI=1S/C23H21N5/c24-23-26-19-11-4-1-10-18(19)22(27-23)25-14-7-15-28-20-12-5-2-8-16(20)17-9-3-6-13-21(17)28/h1-6,8-13H,7,14-15H2,(H3,24,25,26,27). The zero-order valence-corrected chi connectivity index (χ0v) is 15.5. The van der Waals surface area contributed by atoms with Gasteiger partial charge in [-0.1, -0.05) is 48.5 Å². The molecule has 138 valence electrons. The third kappa shape index (κ3) is 2.81. The van der Waals surface area contributed by atoms with Crippen LogP contribution >= 0.6 is 0 Å². The molecule has 0 fully saturated rings. The third-order valence-electron chi connectivity index (χ3n) is 5.15. The maximum Gasteiger partial charge on any atom is 0.222 e. The first-order valence-electron chi connectivity index (χ1n) is 9.53. The van der Waals surface area contributed by atoms with E-state index in [0.29, 0.717) is 5.95 Å². The summed E-state index contributed by atoms with van der Waals surface area (Å²) in [6.45, 7) is 1.74. The highest BCUT2D eigenvalue weighted by molar-refractivity contribution is 6.07. The van der Waals surface area contributed by atoms with Crippen LogP contribution in [0.1, 0.15) is 6.42 Å². The number of anilines is 2. The van der Waals surface area contributed by atoms with E-state index in [4.69, 9.17) is 5.73 Å². The predicted molar refractivity (Wildman–Crippen MR) is 117 cm³/mol. The molecule has 5 heteroatoms. The summed E-state index contributed by atoms with van der Waals surface area (Å²) in [7, 11) is 0. The highest BCUT2D eigenvalue weighted by Gasteiger charge is 2.09. The quantitative estimate of drug-likeness (QED) is 0.437. The molecule has 0 radical (unpaired) electrons. The average molecular weight is 367 g/mol. The number of rotatable bonds is 5. The van der Waals surface area contributed by atoms with Gasteiger partial charge in [-0.15, -0.1) is 0 Å². The molecule has 0 atom stereocenters. The molecule has 5 nitrogen and oxygen atoms in total. The van der Waals surface area contributed by atoms with Crippen LogP contribution in [0.25, 0.3) is 32.7 Å². The summed E-state index contributed by atoms with van der Waals surface area (Å²) in [6, 6.07) is 25.1. The molecule has 0 amide bonds. The van der Waals surface area contributed by atoms with Crippen molar-refractivity contribution in [3.63, 3.8) is 0 Å². The Morgan fingerprint density at radius 1 is 0.750 bits per heavy atom. The number of hydrogen-bond acceptors (Lipinski definition) is 4. The lowest BCUT2D eigenvalue weighted by atomic mass is 10.2. The molecule has 28 heavy (non-hydrogen) atoms. The Balaban J connectivity index is 1.38. The number of benzene rings is 3. The van der Waals surface area contributed by atoms with Gasteiger partial charge in [0.15, 0.2) is 0 Å². The van der Waals surface area contributed by atoms with Crippen LogP contribution in [0.15, 0.2) is 72.8 Å². The predicted octanol–water partition coefficient (Wildman–Crippen LogP) is 4.82. The molecule has 0 unspecified atom stereocenters. The van der Waals surface area contributed by atoms with Crippen LogP contribution in [0.2, 0.25) is 0 Å². The average Bonchev–Trinajstić information content (AvgIpc) is 3.05. The number of fused-ring (bicyclic) bond motifs is 4. The topological polar surface area (TPSA) is 68.8 Å². The lowest BCUT2D eigenvalue weighted by molar-refractivity contribution is 0.700. The van der Waals surface area contributed by atoms with Crippen molar-refractivity contribution in [1.82, 2.24) is 14.5 Å². The molecule has 0 bridgehead atoms. The largest absolute Gasteiger partial charge is 0.369 e. The first-order valence-corrected chi connectivity index (χ1v) is 9.53. The van der Waals surface area contributed by atoms with Gasteiger partial charge in [-0.3, -0.25) is 0 Å². The lowest BCUT2D eigenvalue weighted by Crippen LogP contribution is -2.09. The summed E-state index contributed by atoms with van der Waals surface area (Å²) in [4.78, 5) is 8.68.